The van der Waals surface area contributed by atoms with Gasteiger partial charge < -0.3 is 30.3 Å². The van der Waals surface area contributed by atoms with Crippen LogP contribution in [0.3, 0.4) is 0 Å². The van der Waals surface area contributed by atoms with Crippen LogP contribution in [0.25, 0.3) is 22.3 Å². The number of nitrogens with one attached hydrogen (secondary N) is 2. The van der Waals surface area contributed by atoms with Crippen LogP contribution in [0.2, 0.25) is 0 Å². The fourth-order valence-corrected chi connectivity index (χ4v) is 6.04. The number of carboxylic acid groups (broad SMARTS) is 2. The summed E-state index contributed by atoms with van der Waals surface area (Å²) in [6.07, 6.45) is 5.59. The van der Waals surface area contributed by atoms with Crippen molar-refractivity contribution >= 4 is 34.9 Å². The van der Waals surface area contributed by atoms with Gasteiger partial charge in [0, 0.05) is 12.4 Å². The van der Waals surface area contributed by atoms with Gasteiger partial charge in [-0.2, -0.15) is 0 Å². The Bertz CT molecular complexity index is 2450. The second-order valence-electron chi connectivity index (χ2n) is 13.2. The highest BCUT2D eigenvalue weighted by molar-refractivity contribution is 5.95. The zero-order chi connectivity index (χ0) is 41.5. The number of halogens is 4. The second-order valence-corrected chi connectivity index (χ2v) is 13.2. The molecule has 0 spiro atoms. The van der Waals surface area contributed by atoms with E-state index in [1.165, 1.54) is 49.7 Å². The molecule has 10 nitrogen and oxygen atoms in total. The van der Waals surface area contributed by atoms with Gasteiger partial charge in [-0.05, 0) is 126 Å². The smallest absolute Gasteiger partial charge is 0.339 e. The zero-order valence-electron chi connectivity index (χ0n) is 31.6. The molecule has 298 valence electrons. The monoisotopic (exact) mass is 794 g/mol. The lowest BCUT2D eigenvalue weighted by molar-refractivity contribution is 0.0686. The van der Waals surface area contributed by atoms with Gasteiger partial charge in [0.05, 0.1) is 13.7 Å². The van der Waals surface area contributed by atoms with Crippen LogP contribution in [-0.2, 0) is 6.42 Å². The van der Waals surface area contributed by atoms with Crippen molar-refractivity contribution < 1.29 is 46.8 Å². The quantitative estimate of drug-likeness (QED) is 0.0834. The Morgan fingerprint density at radius 1 is 0.672 bits per heavy atom. The minimum Gasteiger partial charge on any atom is -0.497 e. The van der Waals surface area contributed by atoms with Crippen LogP contribution in [-0.4, -0.2) is 45.8 Å². The van der Waals surface area contributed by atoms with Crippen molar-refractivity contribution in [2.75, 3.05) is 24.4 Å². The van der Waals surface area contributed by atoms with Crippen molar-refractivity contribution in [3.8, 4) is 33.8 Å². The number of anilines is 4. The molecule has 6 aromatic rings. The van der Waals surface area contributed by atoms with Gasteiger partial charge >= 0.3 is 11.9 Å². The number of carboxylic acids is 2. The molecule has 0 unspecified atom stereocenters. The van der Waals surface area contributed by atoms with Gasteiger partial charge in [-0.3, -0.25) is 0 Å². The first-order valence-corrected chi connectivity index (χ1v) is 18.2. The topological polar surface area (TPSA) is 143 Å². The Balaban J connectivity index is 0.000000196. The molecule has 0 saturated heterocycles. The van der Waals surface area contributed by atoms with Crippen molar-refractivity contribution in [2.24, 2.45) is 0 Å². The Morgan fingerprint density at radius 3 is 1.62 bits per heavy atom. The van der Waals surface area contributed by atoms with E-state index in [4.69, 9.17) is 9.47 Å². The predicted octanol–water partition coefficient (Wildman–Crippen LogP) is 10.8. The fourth-order valence-electron chi connectivity index (χ4n) is 6.04. The van der Waals surface area contributed by atoms with Crippen LogP contribution in [0.5, 0.6) is 11.5 Å². The highest BCUT2D eigenvalue weighted by Crippen LogP contribution is 2.41. The van der Waals surface area contributed by atoms with E-state index in [1.807, 2.05) is 13.8 Å². The Kier molecular flexibility index (Phi) is 12.5. The molecule has 0 radical (unpaired) electrons. The predicted molar refractivity (Wildman–Crippen MR) is 212 cm³/mol. The molecule has 1 fully saturated rings. The van der Waals surface area contributed by atoms with Gasteiger partial charge in [0.15, 0.2) is 0 Å². The maximum atomic E-state index is 14.8. The standard InChI is InChI=1S/C23H20F2N2O3.C21H18F2N2O3/c1-2-30-17-5-3-4-14(8-17)15-10-19(24)21(20(25)11-15)27-22-18(23(28)29)9-16(12-26-22)13-6-7-13;1-3-12-7-16(21(26)27)20(24-11-12)25-19-17(22)9-14(10-18(19)23)13-5-4-6-15(8-13)28-2/h3-5,8-13H,2,6-7H2,1H3,(H,26,27)(H,28,29);4-11H,3H2,1-2H3,(H,24,25)(H,26,27). The lowest BCUT2D eigenvalue weighted by Gasteiger charge is -2.13. The fraction of sp³-hybridized carbons (Fsp3) is 0.182. The molecule has 0 bridgehead atoms. The number of pyridine rings is 2. The minimum atomic E-state index is -1.24. The minimum absolute atomic E-state index is 0.101. The largest absolute Gasteiger partial charge is 0.497 e. The number of aromatic nitrogens is 2. The summed E-state index contributed by atoms with van der Waals surface area (Å²) >= 11 is 0. The van der Waals surface area contributed by atoms with Crippen LogP contribution in [0.15, 0.2) is 97.3 Å². The maximum Gasteiger partial charge on any atom is 0.339 e. The number of nitrogens with zero attached hydrogens (tertiary/aromatic N) is 2. The third-order valence-electron chi connectivity index (χ3n) is 9.22. The summed E-state index contributed by atoms with van der Waals surface area (Å²) in [4.78, 5) is 31.2. The van der Waals surface area contributed by atoms with Crippen molar-refractivity contribution in [1.82, 2.24) is 9.97 Å². The van der Waals surface area contributed by atoms with Gasteiger partial charge in [-0.15, -0.1) is 0 Å². The molecule has 14 heteroatoms. The van der Waals surface area contributed by atoms with E-state index in [1.54, 1.807) is 54.7 Å². The molecule has 0 atom stereocenters. The number of carbonyl (C=O) groups is 2. The van der Waals surface area contributed by atoms with Gasteiger partial charge in [0.25, 0.3) is 0 Å². The van der Waals surface area contributed by atoms with Gasteiger partial charge in [0.2, 0.25) is 0 Å². The number of hydrogen-bond donors (Lipinski definition) is 4. The Labute approximate surface area is 331 Å². The summed E-state index contributed by atoms with van der Waals surface area (Å²) in [5.41, 5.74) is 2.19. The van der Waals surface area contributed by atoms with E-state index in [0.29, 0.717) is 58.3 Å². The molecule has 4 aromatic carbocycles. The van der Waals surface area contributed by atoms with Crippen LogP contribution >= 0.6 is 0 Å². The normalized spacial score (nSPS) is 11.9. The number of aryl methyl sites for hydroxylation is 1. The van der Waals surface area contributed by atoms with Crippen molar-refractivity contribution in [2.45, 2.75) is 39.0 Å². The summed E-state index contributed by atoms with van der Waals surface area (Å²) in [7, 11) is 1.50. The number of hydrogen-bond acceptors (Lipinski definition) is 8. The highest BCUT2D eigenvalue weighted by atomic mass is 19.1. The second kappa shape index (κ2) is 17.9. The summed E-state index contributed by atoms with van der Waals surface area (Å²) in [6, 6.07) is 21.4. The van der Waals surface area contributed by atoms with E-state index in [9.17, 15) is 37.4 Å². The molecular formula is C44H38F4N4O6. The van der Waals surface area contributed by atoms with Gasteiger partial charge in [-0.25, -0.2) is 37.1 Å². The SMILES string of the molecule is CCOc1cccc(-c2cc(F)c(Nc3ncc(C4CC4)cc3C(=O)O)c(F)c2)c1.CCc1cnc(Nc2c(F)cc(-c3cccc(OC)c3)cc2F)c(C(=O)O)c1. The van der Waals surface area contributed by atoms with Crippen LogP contribution < -0.4 is 20.1 Å². The van der Waals surface area contributed by atoms with Crippen molar-refractivity contribution in [1.29, 1.82) is 0 Å². The average molecular weight is 795 g/mol. The third kappa shape index (κ3) is 9.52. The Hall–Kier alpha value is -6.96. The number of benzene rings is 4. The van der Waals surface area contributed by atoms with Crippen LogP contribution in [0.4, 0.5) is 40.6 Å². The van der Waals surface area contributed by atoms with E-state index in [2.05, 4.69) is 20.6 Å². The van der Waals surface area contributed by atoms with Crippen molar-refractivity contribution in [3.63, 3.8) is 0 Å². The first-order valence-electron chi connectivity index (χ1n) is 18.2. The molecule has 0 amide bonds. The van der Waals surface area contributed by atoms with Crippen molar-refractivity contribution in [3.05, 3.63) is 143 Å². The highest BCUT2D eigenvalue weighted by Gasteiger charge is 2.26. The average Bonchev–Trinajstić information content (AvgIpc) is 4.07. The summed E-state index contributed by atoms with van der Waals surface area (Å²) < 4.78 is 69.4. The third-order valence-corrected chi connectivity index (χ3v) is 9.22. The zero-order valence-corrected chi connectivity index (χ0v) is 31.6. The Morgan fingerprint density at radius 2 is 1.16 bits per heavy atom. The summed E-state index contributed by atoms with van der Waals surface area (Å²) in [6.45, 7) is 4.18. The van der Waals surface area contributed by atoms with E-state index in [-0.39, 0.29) is 22.8 Å². The molecule has 7 rings (SSSR count). The molecule has 2 aromatic heterocycles. The molecule has 1 saturated carbocycles. The molecule has 4 N–H and O–H groups in total. The van der Waals surface area contributed by atoms with E-state index >= 15 is 0 Å². The van der Waals surface area contributed by atoms with Gasteiger partial charge in [-0.1, -0.05) is 31.2 Å². The molecule has 1 aliphatic carbocycles. The van der Waals surface area contributed by atoms with Gasteiger partial charge in [0.1, 0.15) is 68.9 Å². The number of rotatable bonds is 13. The summed E-state index contributed by atoms with van der Waals surface area (Å²) in [5, 5.41) is 23.9. The lowest BCUT2D eigenvalue weighted by atomic mass is 10.0. The molecule has 0 aliphatic heterocycles. The summed E-state index contributed by atoms with van der Waals surface area (Å²) in [5.74, 6) is -4.64. The number of aromatic carboxylic acids is 2. The van der Waals surface area contributed by atoms with Crippen LogP contribution in [0, 0.1) is 23.3 Å². The maximum absolute atomic E-state index is 14.8. The molecular weight excluding hydrogens is 756 g/mol. The first-order chi connectivity index (χ1) is 27.9. The molecule has 1 aliphatic rings. The first kappa shape index (κ1) is 40.7. The van der Waals surface area contributed by atoms with E-state index < -0.39 is 46.6 Å². The lowest BCUT2D eigenvalue weighted by Crippen LogP contribution is -2.08. The number of ether oxygens (including phenoxy) is 2. The molecule has 2 heterocycles. The van der Waals surface area contributed by atoms with Crippen LogP contribution in [0.1, 0.15) is 64.4 Å². The van der Waals surface area contributed by atoms with E-state index in [0.717, 1.165) is 18.4 Å². The number of methoxy groups -OCH3 is 1. The molecule has 58 heavy (non-hydrogen) atoms.